The number of carbonyl (C=O) groups is 1. The van der Waals surface area contributed by atoms with Crippen LogP contribution in [0.25, 0.3) is 11.4 Å². The number of nitrogens with one attached hydrogen (secondary N) is 1. The number of anilines is 1. The van der Waals surface area contributed by atoms with E-state index < -0.39 is 6.04 Å². The molecule has 2 aromatic carbocycles. The molecule has 1 atom stereocenters. The van der Waals surface area contributed by atoms with Gasteiger partial charge < -0.3 is 5.32 Å². The van der Waals surface area contributed by atoms with Gasteiger partial charge in [-0.2, -0.15) is 10.1 Å². The molecular formula is C18H16N6O. The summed E-state index contributed by atoms with van der Waals surface area (Å²) in [5.41, 5.74) is 3.13. The van der Waals surface area contributed by atoms with Crippen LogP contribution in [-0.4, -0.2) is 26.1 Å². The summed E-state index contributed by atoms with van der Waals surface area (Å²) in [6.45, 7) is 3.70. The van der Waals surface area contributed by atoms with E-state index >= 15 is 0 Å². The summed E-state index contributed by atoms with van der Waals surface area (Å²) >= 11 is 0. The number of tetrazole rings is 1. The van der Waals surface area contributed by atoms with Crippen LogP contribution >= 0.6 is 0 Å². The van der Waals surface area contributed by atoms with Gasteiger partial charge >= 0.3 is 0 Å². The fourth-order valence-electron chi connectivity index (χ4n) is 2.19. The van der Waals surface area contributed by atoms with Gasteiger partial charge in [0.1, 0.15) is 6.04 Å². The van der Waals surface area contributed by atoms with Gasteiger partial charge in [-0.1, -0.05) is 29.8 Å². The van der Waals surface area contributed by atoms with Crippen molar-refractivity contribution in [2.24, 2.45) is 0 Å². The number of aromatic nitrogens is 4. The molecule has 124 valence electrons. The van der Waals surface area contributed by atoms with Crippen molar-refractivity contribution in [2.75, 3.05) is 5.32 Å². The van der Waals surface area contributed by atoms with Crippen LogP contribution < -0.4 is 5.32 Å². The highest BCUT2D eigenvalue weighted by Crippen LogP contribution is 2.16. The minimum Gasteiger partial charge on any atom is -0.324 e. The van der Waals surface area contributed by atoms with Gasteiger partial charge in [-0.3, -0.25) is 4.79 Å². The lowest BCUT2D eigenvalue weighted by molar-refractivity contribution is -0.119. The molecule has 0 aliphatic rings. The highest BCUT2D eigenvalue weighted by atomic mass is 16.2. The third-order valence-corrected chi connectivity index (χ3v) is 3.75. The number of hydrogen-bond donors (Lipinski definition) is 1. The number of amides is 1. The molecule has 7 nitrogen and oxygen atoms in total. The van der Waals surface area contributed by atoms with Crippen LogP contribution in [-0.2, 0) is 4.79 Å². The molecule has 0 aliphatic carbocycles. The minimum absolute atomic E-state index is 0.266. The molecule has 0 radical (unpaired) electrons. The highest BCUT2D eigenvalue weighted by molar-refractivity contribution is 5.93. The normalized spacial score (nSPS) is 11.6. The molecule has 0 fully saturated rings. The number of nitrogens with zero attached hydrogens (tertiary/aromatic N) is 5. The van der Waals surface area contributed by atoms with E-state index in [0.29, 0.717) is 17.1 Å². The number of benzene rings is 2. The summed E-state index contributed by atoms with van der Waals surface area (Å²) in [5, 5.41) is 23.8. The predicted octanol–water partition coefficient (Wildman–Crippen LogP) is 2.72. The molecule has 3 aromatic rings. The lowest BCUT2D eigenvalue weighted by atomic mass is 10.1. The van der Waals surface area contributed by atoms with Crippen LogP contribution in [0.15, 0.2) is 48.5 Å². The van der Waals surface area contributed by atoms with Gasteiger partial charge in [0.25, 0.3) is 5.91 Å². The monoisotopic (exact) mass is 332 g/mol. The van der Waals surface area contributed by atoms with Crippen LogP contribution in [0.3, 0.4) is 0 Å². The molecule has 1 heterocycles. The van der Waals surface area contributed by atoms with E-state index in [1.165, 1.54) is 4.80 Å². The van der Waals surface area contributed by atoms with E-state index in [1.54, 1.807) is 31.2 Å². The van der Waals surface area contributed by atoms with Gasteiger partial charge in [0, 0.05) is 11.3 Å². The second-order valence-corrected chi connectivity index (χ2v) is 5.65. The first kappa shape index (κ1) is 16.3. The Morgan fingerprint density at radius 1 is 1.16 bits per heavy atom. The third-order valence-electron chi connectivity index (χ3n) is 3.75. The standard InChI is InChI=1S/C18H16N6O/c1-12-3-7-15(8-4-12)17-21-23-24(22-17)13(2)18(25)20-16-9-5-14(11-19)6-10-16/h3-10,13H,1-2H3,(H,20,25)/t13-/m0/s1. The fraction of sp³-hybridized carbons (Fsp3) is 0.167. The van der Waals surface area contributed by atoms with Gasteiger partial charge in [0.2, 0.25) is 5.82 Å². The first-order valence-corrected chi connectivity index (χ1v) is 7.74. The Labute approximate surface area is 144 Å². The molecule has 0 aliphatic heterocycles. The van der Waals surface area contributed by atoms with Crippen LogP contribution in [0.2, 0.25) is 0 Å². The molecule has 0 saturated heterocycles. The van der Waals surface area contributed by atoms with Gasteiger partial charge in [-0.25, -0.2) is 0 Å². The number of rotatable bonds is 4. The van der Waals surface area contributed by atoms with Crippen molar-refractivity contribution in [3.63, 3.8) is 0 Å². The smallest absolute Gasteiger partial charge is 0.250 e. The maximum atomic E-state index is 12.4. The van der Waals surface area contributed by atoms with E-state index in [1.807, 2.05) is 37.3 Å². The number of hydrogen-bond acceptors (Lipinski definition) is 5. The number of carbonyl (C=O) groups excluding carboxylic acids is 1. The minimum atomic E-state index is -0.623. The Hall–Kier alpha value is -3.53. The molecule has 0 saturated carbocycles. The maximum Gasteiger partial charge on any atom is 0.250 e. The van der Waals surface area contributed by atoms with Gasteiger partial charge in [0.05, 0.1) is 11.6 Å². The average molecular weight is 332 g/mol. The van der Waals surface area contributed by atoms with E-state index in [2.05, 4.69) is 20.7 Å². The van der Waals surface area contributed by atoms with Gasteiger partial charge in [-0.05, 0) is 43.3 Å². The molecule has 1 N–H and O–H groups in total. The molecule has 0 unspecified atom stereocenters. The summed E-state index contributed by atoms with van der Waals surface area (Å²) in [7, 11) is 0. The topological polar surface area (TPSA) is 96.5 Å². The van der Waals surface area contributed by atoms with E-state index in [9.17, 15) is 4.79 Å². The molecule has 0 bridgehead atoms. The number of nitriles is 1. The molecular weight excluding hydrogens is 316 g/mol. The SMILES string of the molecule is Cc1ccc(-c2nnn([C@@H](C)C(=O)Nc3ccc(C#N)cc3)n2)cc1. The van der Waals surface area contributed by atoms with Crippen molar-refractivity contribution >= 4 is 11.6 Å². The Balaban J connectivity index is 1.71. The largest absolute Gasteiger partial charge is 0.324 e. The fourth-order valence-corrected chi connectivity index (χ4v) is 2.19. The summed E-state index contributed by atoms with van der Waals surface area (Å²) in [4.78, 5) is 13.6. The third kappa shape index (κ3) is 3.70. The van der Waals surface area contributed by atoms with E-state index in [-0.39, 0.29) is 5.91 Å². The first-order chi connectivity index (χ1) is 12.1. The Bertz CT molecular complexity index is 921. The summed E-state index contributed by atoms with van der Waals surface area (Å²) in [6.07, 6.45) is 0. The Morgan fingerprint density at radius 2 is 1.84 bits per heavy atom. The quantitative estimate of drug-likeness (QED) is 0.792. The lowest BCUT2D eigenvalue weighted by Gasteiger charge is -2.10. The van der Waals surface area contributed by atoms with Crippen LogP contribution in [0.5, 0.6) is 0 Å². The van der Waals surface area contributed by atoms with Crippen molar-refractivity contribution in [2.45, 2.75) is 19.9 Å². The molecule has 3 rings (SSSR count). The van der Waals surface area contributed by atoms with Crippen molar-refractivity contribution in [3.05, 3.63) is 59.7 Å². The Kier molecular flexibility index (Phi) is 4.53. The van der Waals surface area contributed by atoms with Crippen LogP contribution in [0.1, 0.15) is 24.1 Å². The molecule has 1 aromatic heterocycles. The van der Waals surface area contributed by atoms with E-state index in [0.717, 1.165) is 11.1 Å². The zero-order chi connectivity index (χ0) is 17.8. The average Bonchev–Trinajstić information content (AvgIpc) is 3.12. The lowest BCUT2D eigenvalue weighted by Crippen LogP contribution is -2.25. The van der Waals surface area contributed by atoms with Crippen molar-refractivity contribution in [1.82, 2.24) is 20.2 Å². The summed E-state index contributed by atoms with van der Waals surface area (Å²) in [6, 6.07) is 15.8. The first-order valence-electron chi connectivity index (χ1n) is 7.74. The van der Waals surface area contributed by atoms with Crippen molar-refractivity contribution in [3.8, 4) is 17.5 Å². The van der Waals surface area contributed by atoms with Crippen molar-refractivity contribution < 1.29 is 4.79 Å². The highest BCUT2D eigenvalue weighted by Gasteiger charge is 2.19. The molecule has 25 heavy (non-hydrogen) atoms. The zero-order valence-electron chi connectivity index (χ0n) is 13.8. The molecule has 1 amide bonds. The second-order valence-electron chi connectivity index (χ2n) is 5.65. The molecule has 7 heteroatoms. The second kappa shape index (κ2) is 6.93. The summed E-state index contributed by atoms with van der Waals surface area (Å²) < 4.78 is 0. The zero-order valence-corrected chi connectivity index (χ0v) is 13.8. The van der Waals surface area contributed by atoms with Crippen LogP contribution in [0.4, 0.5) is 5.69 Å². The molecule has 0 spiro atoms. The predicted molar refractivity (Wildman–Crippen MR) is 92.5 cm³/mol. The number of aryl methyl sites for hydroxylation is 1. The maximum absolute atomic E-state index is 12.4. The van der Waals surface area contributed by atoms with Crippen molar-refractivity contribution in [1.29, 1.82) is 5.26 Å². The van der Waals surface area contributed by atoms with Crippen LogP contribution in [0, 0.1) is 18.3 Å². The Morgan fingerprint density at radius 3 is 2.48 bits per heavy atom. The van der Waals surface area contributed by atoms with E-state index in [4.69, 9.17) is 5.26 Å². The van der Waals surface area contributed by atoms with Gasteiger partial charge in [0.15, 0.2) is 0 Å². The summed E-state index contributed by atoms with van der Waals surface area (Å²) in [5.74, 6) is 0.204. The van der Waals surface area contributed by atoms with Gasteiger partial charge in [-0.15, -0.1) is 10.2 Å².